The fourth-order valence-corrected chi connectivity index (χ4v) is 3.27. The lowest BCUT2D eigenvalue weighted by molar-refractivity contribution is -0.164. The Morgan fingerprint density at radius 2 is 1.88 bits per heavy atom. The van der Waals surface area contributed by atoms with E-state index in [0.717, 1.165) is 32.5 Å². The highest BCUT2D eigenvalue weighted by Crippen LogP contribution is 2.39. The van der Waals surface area contributed by atoms with Gasteiger partial charge < -0.3 is 14.8 Å². The van der Waals surface area contributed by atoms with Crippen molar-refractivity contribution in [2.24, 2.45) is 0 Å². The van der Waals surface area contributed by atoms with Gasteiger partial charge in [-0.2, -0.15) is 0 Å². The van der Waals surface area contributed by atoms with Crippen LogP contribution in [0.25, 0.3) is 0 Å². The zero-order valence-electron chi connectivity index (χ0n) is 10.0. The Labute approximate surface area is 97.9 Å². The molecule has 1 saturated carbocycles. The molecule has 0 bridgehead atoms. The second-order valence-electron chi connectivity index (χ2n) is 5.62. The molecule has 3 rings (SSSR count). The van der Waals surface area contributed by atoms with Gasteiger partial charge in [0.1, 0.15) is 0 Å². The summed E-state index contributed by atoms with van der Waals surface area (Å²) >= 11 is 0. The maximum absolute atomic E-state index is 6.11. The first-order chi connectivity index (χ1) is 7.86. The third-order valence-corrected chi connectivity index (χ3v) is 4.34. The van der Waals surface area contributed by atoms with Crippen molar-refractivity contribution in [1.29, 1.82) is 0 Å². The van der Waals surface area contributed by atoms with E-state index in [0.29, 0.717) is 12.2 Å². The van der Waals surface area contributed by atoms with Gasteiger partial charge in [-0.3, -0.25) is 0 Å². The van der Waals surface area contributed by atoms with Crippen LogP contribution < -0.4 is 5.32 Å². The Hall–Kier alpha value is -0.120. The van der Waals surface area contributed by atoms with Crippen LogP contribution in [0.3, 0.4) is 0 Å². The van der Waals surface area contributed by atoms with Crippen LogP contribution in [-0.2, 0) is 9.47 Å². The van der Waals surface area contributed by atoms with Gasteiger partial charge in [-0.05, 0) is 19.3 Å². The number of ether oxygens (including phenoxy) is 2. The van der Waals surface area contributed by atoms with Crippen molar-refractivity contribution in [1.82, 2.24) is 5.32 Å². The average molecular weight is 225 g/mol. The van der Waals surface area contributed by atoms with E-state index in [1.165, 1.54) is 32.1 Å². The minimum Gasteiger partial charge on any atom is -0.375 e. The van der Waals surface area contributed by atoms with E-state index in [4.69, 9.17) is 9.47 Å². The molecular weight excluding hydrogens is 202 g/mol. The van der Waals surface area contributed by atoms with Gasteiger partial charge >= 0.3 is 0 Å². The predicted molar refractivity (Wildman–Crippen MR) is 62.5 cm³/mol. The zero-order valence-corrected chi connectivity index (χ0v) is 10.0. The summed E-state index contributed by atoms with van der Waals surface area (Å²) in [5.74, 6) is 0. The normalized spacial score (nSPS) is 34.9. The van der Waals surface area contributed by atoms with E-state index in [1.807, 2.05) is 0 Å². The number of hydrogen-bond acceptors (Lipinski definition) is 3. The Bertz CT molecular complexity index is 229. The summed E-state index contributed by atoms with van der Waals surface area (Å²) in [6.07, 6.45) is 9.77. The summed E-state index contributed by atoms with van der Waals surface area (Å²) in [6.45, 7) is 3.00. The molecule has 1 N–H and O–H groups in total. The summed E-state index contributed by atoms with van der Waals surface area (Å²) in [4.78, 5) is 0. The van der Waals surface area contributed by atoms with Crippen molar-refractivity contribution >= 4 is 0 Å². The Morgan fingerprint density at radius 1 is 1.06 bits per heavy atom. The van der Waals surface area contributed by atoms with E-state index in [9.17, 15) is 0 Å². The molecule has 3 aliphatic rings. The van der Waals surface area contributed by atoms with Crippen LogP contribution in [0.15, 0.2) is 0 Å². The molecule has 0 amide bonds. The van der Waals surface area contributed by atoms with Crippen LogP contribution in [0.5, 0.6) is 0 Å². The van der Waals surface area contributed by atoms with Crippen LogP contribution in [0.2, 0.25) is 0 Å². The van der Waals surface area contributed by atoms with Crippen LogP contribution in [0, 0.1) is 0 Å². The second kappa shape index (κ2) is 4.63. The first-order valence-electron chi connectivity index (χ1n) is 6.86. The number of nitrogens with one attached hydrogen (secondary N) is 1. The first-order valence-corrected chi connectivity index (χ1v) is 6.86. The average Bonchev–Trinajstić information content (AvgIpc) is 2.25. The summed E-state index contributed by atoms with van der Waals surface area (Å²) in [5, 5.41) is 3.27. The number of rotatable bonds is 2. The Balaban J connectivity index is 1.55. The van der Waals surface area contributed by atoms with Crippen molar-refractivity contribution in [2.75, 3.05) is 19.7 Å². The second-order valence-corrected chi connectivity index (χ2v) is 5.62. The topological polar surface area (TPSA) is 30.5 Å². The molecule has 16 heavy (non-hydrogen) atoms. The van der Waals surface area contributed by atoms with E-state index in [2.05, 4.69) is 5.32 Å². The third kappa shape index (κ3) is 2.27. The molecule has 0 radical (unpaired) electrons. The van der Waals surface area contributed by atoms with Crippen molar-refractivity contribution < 1.29 is 9.47 Å². The van der Waals surface area contributed by atoms with Crippen molar-refractivity contribution in [2.45, 2.75) is 62.8 Å². The van der Waals surface area contributed by atoms with Crippen molar-refractivity contribution in [3.8, 4) is 0 Å². The maximum atomic E-state index is 6.11. The largest absolute Gasteiger partial charge is 0.375 e. The molecule has 3 nitrogen and oxygen atoms in total. The predicted octanol–water partition coefficient (Wildman–Crippen LogP) is 1.86. The minimum absolute atomic E-state index is 0.193. The lowest BCUT2D eigenvalue weighted by Crippen LogP contribution is -2.52. The molecule has 3 heteroatoms. The van der Waals surface area contributed by atoms with Crippen molar-refractivity contribution in [3.63, 3.8) is 0 Å². The van der Waals surface area contributed by atoms with E-state index < -0.39 is 0 Å². The highest BCUT2D eigenvalue weighted by atomic mass is 16.5. The Morgan fingerprint density at radius 3 is 2.56 bits per heavy atom. The summed E-state index contributed by atoms with van der Waals surface area (Å²) in [5.41, 5.74) is 0.193. The smallest absolute Gasteiger partial charge is 0.0827 e. The molecule has 1 atom stereocenters. The van der Waals surface area contributed by atoms with E-state index in [-0.39, 0.29) is 5.60 Å². The highest BCUT2D eigenvalue weighted by molar-refractivity contribution is 4.91. The molecule has 0 aromatic carbocycles. The molecule has 92 valence electrons. The van der Waals surface area contributed by atoms with E-state index >= 15 is 0 Å². The van der Waals surface area contributed by atoms with Gasteiger partial charge in [0.2, 0.25) is 0 Å². The summed E-state index contributed by atoms with van der Waals surface area (Å²) in [6, 6.07) is 0. The number of hydrogen-bond donors (Lipinski definition) is 1. The standard InChI is InChI=1S/C13H23NO2/c1-2-5-13(6-3-1)8-11(4-7-15-13)16-12-9-14-10-12/h11-12,14H,1-10H2. The molecular formula is C13H23NO2. The van der Waals surface area contributed by atoms with Gasteiger partial charge in [-0.1, -0.05) is 19.3 Å². The first kappa shape index (κ1) is 11.0. The zero-order chi connectivity index (χ0) is 10.8. The van der Waals surface area contributed by atoms with Gasteiger partial charge in [-0.25, -0.2) is 0 Å². The van der Waals surface area contributed by atoms with Gasteiger partial charge in [-0.15, -0.1) is 0 Å². The van der Waals surface area contributed by atoms with Gasteiger partial charge in [0.15, 0.2) is 0 Å². The molecule has 1 aliphatic carbocycles. The SMILES string of the molecule is C1CCC2(CC1)CC(OC1CNC1)CCO2. The summed E-state index contributed by atoms with van der Waals surface area (Å²) < 4.78 is 12.2. The van der Waals surface area contributed by atoms with Crippen LogP contribution in [0.1, 0.15) is 44.9 Å². The molecule has 3 fully saturated rings. The quantitative estimate of drug-likeness (QED) is 0.778. The van der Waals surface area contributed by atoms with Crippen LogP contribution >= 0.6 is 0 Å². The third-order valence-electron chi connectivity index (χ3n) is 4.34. The molecule has 2 saturated heterocycles. The van der Waals surface area contributed by atoms with Gasteiger partial charge in [0, 0.05) is 26.1 Å². The van der Waals surface area contributed by atoms with E-state index in [1.54, 1.807) is 0 Å². The monoisotopic (exact) mass is 225 g/mol. The molecule has 2 aliphatic heterocycles. The van der Waals surface area contributed by atoms with Crippen molar-refractivity contribution in [3.05, 3.63) is 0 Å². The molecule has 1 unspecified atom stereocenters. The van der Waals surface area contributed by atoms with Crippen LogP contribution in [-0.4, -0.2) is 37.5 Å². The molecule has 1 spiro atoms. The highest BCUT2D eigenvalue weighted by Gasteiger charge is 2.39. The lowest BCUT2D eigenvalue weighted by atomic mass is 9.79. The molecule has 2 heterocycles. The fourth-order valence-electron chi connectivity index (χ4n) is 3.27. The molecule has 0 aromatic rings. The van der Waals surface area contributed by atoms with Gasteiger partial charge in [0.05, 0.1) is 17.8 Å². The minimum atomic E-state index is 0.193. The van der Waals surface area contributed by atoms with Gasteiger partial charge in [0.25, 0.3) is 0 Å². The Kier molecular flexibility index (Phi) is 3.18. The lowest BCUT2D eigenvalue weighted by Gasteiger charge is -2.44. The van der Waals surface area contributed by atoms with Crippen LogP contribution in [0.4, 0.5) is 0 Å². The molecule has 0 aromatic heterocycles. The fraction of sp³-hybridized carbons (Fsp3) is 1.00. The maximum Gasteiger partial charge on any atom is 0.0827 e. The summed E-state index contributed by atoms with van der Waals surface area (Å²) in [7, 11) is 0.